The van der Waals surface area contributed by atoms with Crippen LogP contribution in [0, 0.1) is 5.92 Å². The van der Waals surface area contributed by atoms with Crippen molar-refractivity contribution in [1.82, 2.24) is 0 Å². The van der Waals surface area contributed by atoms with Crippen LogP contribution in [0.25, 0.3) is 0 Å². The first-order chi connectivity index (χ1) is 9.11. The second-order valence-corrected chi connectivity index (χ2v) is 5.00. The van der Waals surface area contributed by atoms with Gasteiger partial charge in [-0.3, -0.25) is 0 Å². The highest BCUT2D eigenvalue weighted by Gasteiger charge is 2.26. The molecule has 1 aromatic rings. The van der Waals surface area contributed by atoms with E-state index in [4.69, 9.17) is 9.47 Å². The van der Waals surface area contributed by atoms with Gasteiger partial charge >= 0.3 is 0 Å². The third kappa shape index (κ3) is 4.51. The Kier molecular flexibility index (Phi) is 6.89. The van der Waals surface area contributed by atoms with Crippen LogP contribution < -0.4 is 4.74 Å². The molecule has 0 saturated heterocycles. The van der Waals surface area contributed by atoms with Gasteiger partial charge in [0.1, 0.15) is 11.9 Å². The summed E-state index contributed by atoms with van der Waals surface area (Å²) in [6, 6.07) is 7.65. The van der Waals surface area contributed by atoms with E-state index in [1.54, 1.807) is 0 Å². The maximum atomic E-state index is 10.6. The third-order valence-electron chi connectivity index (χ3n) is 3.03. The van der Waals surface area contributed by atoms with Gasteiger partial charge in [0.2, 0.25) is 0 Å². The van der Waals surface area contributed by atoms with E-state index in [0.29, 0.717) is 13.2 Å². The van der Waals surface area contributed by atoms with Gasteiger partial charge in [-0.25, -0.2) is 0 Å². The monoisotopic (exact) mass is 266 g/mol. The van der Waals surface area contributed by atoms with E-state index in [2.05, 4.69) is 20.8 Å². The lowest BCUT2D eigenvalue weighted by molar-refractivity contribution is -0.0593. The van der Waals surface area contributed by atoms with Crippen molar-refractivity contribution in [3.05, 3.63) is 29.8 Å². The molecule has 2 atom stereocenters. The van der Waals surface area contributed by atoms with E-state index in [1.165, 1.54) is 0 Å². The van der Waals surface area contributed by atoms with E-state index in [1.807, 2.05) is 31.2 Å². The molecule has 0 fully saturated rings. The first-order valence-corrected chi connectivity index (χ1v) is 7.13. The molecular formula is C16H26O3. The minimum atomic E-state index is -0.659. The Morgan fingerprint density at radius 2 is 1.84 bits per heavy atom. The molecule has 0 saturated carbocycles. The van der Waals surface area contributed by atoms with Crippen molar-refractivity contribution < 1.29 is 14.6 Å². The highest BCUT2D eigenvalue weighted by Crippen LogP contribution is 2.31. The van der Waals surface area contributed by atoms with Crippen LogP contribution in [0.4, 0.5) is 0 Å². The van der Waals surface area contributed by atoms with Crippen molar-refractivity contribution in [2.24, 2.45) is 5.92 Å². The zero-order valence-electron chi connectivity index (χ0n) is 12.4. The summed E-state index contributed by atoms with van der Waals surface area (Å²) in [5.74, 6) is 0.997. The van der Waals surface area contributed by atoms with Gasteiger partial charge < -0.3 is 14.6 Å². The van der Waals surface area contributed by atoms with Crippen molar-refractivity contribution >= 4 is 0 Å². The van der Waals surface area contributed by atoms with Gasteiger partial charge in [0.05, 0.1) is 12.7 Å². The summed E-state index contributed by atoms with van der Waals surface area (Å²) in [7, 11) is 0. The fourth-order valence-electron chi connectivity index (χ4n) is 2.09. The van der Waals surface area contributed by atoms with Crippen LogP contribution in [0.5, 0.6) is 5.75 Å². The van der Waals surface area contributed by atoms with E-state index < -0.39 is 6.10 Å². The van der Waals surface area contributed by atoms with Crippen molar-refractivity contribution in [3.8, 4) is 5.75 Å². The normalized spacial score (nSPS) is 14.4. The fraction of sp³-hybridized carbons (Fsp3) is 0.625. The molecule has 0 heterocycles. The molecule has 0 bridgehead atoms. The Hall–Kier alpha value is -1.06. The zero-order valence-corrected chi connectivity index (χ0v) is 12.4. The second kappa shape index (κ2) is 8.18. The Morgan fingerprint density at radius 1 is 1.16 bits per heavy atom. The average molecular weight is 266 g/mol. The molecule has 3 heteroatoms. The minimum absolute atomic E-state index is 0.212. The molecule has 0 aliphatic heterocycles. The van der Waals surface area contributed by atoms with Crippen LogP contribution in [0.1, 0.15) is 45.8 Å². The van der Waals surface area contributed by atoms with Gasteiger partial charge in [-0.2, -0.15) is 0 Å². The molecule has 1 rings (SSSR count). The molecule has 108 valence electrons. The number of ether oxygens (including phenoxy) is 2. The van der Waals surface area contributed by atoms with Crippen LogP contribution in [0.2, 0.25) is 0 Å². The molecule has 1 aromatic carbocycles. The van der Waals surface area contributed by atoms with Crippen LogP contribution in [0.3, 0.4) is 0 Å². The van der Waals surface area contributed by atoms with Crippen LogP contribution in [0.15, 0.2) is 24.3 Å². The van der Waals surface area contributed by atoms with Gasteiger partial charge in [0.25, 0.3) is 0 Å². The van der Waals surface area contributed by atoms with Crippen LogP contribution in [-0.2, 0) is 4.74 Å². The summed E-state index contributed by atoms with van der Waals surface area (Å²) >= 11 is 0. The first kappa shape index (κ1) is 16.0. The number of aliphatic hydroxyl groups is 1. The van der Waals surface area contributed by atoms with Crippen LogP contribution >= 0.6 is 0 Å². The molecule has 0 aliphatic rings. The summed E-state index contributed by atoms with van der Waals surface area (Å²) in [4.78, 5) is 0. The number of hydrogen-bond donors (Lipinski definition) is 1. The standard InChI is InChI=1S/C16H26O3/c1-5-11-19-14-10-8-7-9-13(14)15(17)16(12(3)4)18-6-2/h7-10,12,15-17H,5-6,11H2,1-4H3. The van der Waals surface area contributed by atoms with E-state index in [-0.39, 0.29) is 12.0 Å². The quantitative estimate of drug-likeness (QED) is 0.781. The van der Waals surface area contributed by atoms with Gasteiger partial charge in [-0.05, 0) is 25.3 Å². The molecule has 0 aromatic heterocycles. The smallest absolute Gasteiger partial charge is 0.125 e. The molecule has 3 nitrogen and oxygen atoms in total. The number of benzene rings is 1. The maximum absolute atomic E-state index is 10.6. The predicted molar refractivity (Wildman–Crippen MR) is 77.4 cm³/mol. The minimum Gasteiger partial charge on any atom is -0.493 e. The maximum Gasteiger partial charge on any atom is 0.125 e. The van der Waals surface area contributed by atoms with Crippen molar-refractivity contribution in [1.29, 1.82) is 0 Å². The number of rotatable bonds is 8. The second-order valence-electron chi connectivity index (χ2n) is 5.00. The van der Waals surface area contributed by atoms with Gasteiger partial charge in [-0.1, -0.05) is 39.0 Å². The summed E-state index contributed by atoms with van der Waals surface area (Å²) in [5.41, 5.74) is 0.808. The number of aliphatic hydroxyl groups excluding tert-OH is 1. The van der Waals surface area contributed by atoms with Crippen molar-refractivity contribution in [2.45, 2.75) is 46.3 Å². The molecule has 1 N–H and O–H groups in total. The van der Waals surface area contributed by atoms with Gasteiger partial charge in [0.15, 0.2) is 0 Å². The third-order valence-corrected chi connectivity index (χ3v) is 3.03. The first-order valence-electron chi connectivity index (χ1n) is 7.13. The Labute approximate surface area is 116 Å². The molecular weight excluding hydrogens is 240 g/mol. The lowest BCUT2D eigenvalue weighted by Gasteiger charge is -2.27. The van der Waals surface area contributed by atoms with Crippen molar-refractivity contribution in [3.63, 3.8) is 0 Å². The largest absolute Gasteiger partial charge is 0.493 e. The van der Waals surface area contributed by atoms with E-state index in [9.17, 15) is 5.11 Å². The topological polar surface area (TPSA) is 38.7 Å². The summed E-state index contributed by atoms with van der Waals surface area (Å²) < 4.78 is 11.4. The van der Waals surface area contributed by atoms with E-state index >= 15 is 0 Å². The van der Waals surface area contributed by atoms with Crippen molar-refractivity contribution in [2.75, 3.05) is 13.2 Å². The number of hydrogen-bond acceptors (Lipinski definition) is 3. The summed E-state index contributed by atoms with van der Waals surface area (Å²) in [5, 5.41) is 10.6. The SMILES string of the molecule is CCCOc1ccccc1C(O)C(OCC)C(C)C. The predicted octanol–water partition coefficient (Wildman–Crippen LogP) is 3.57. The average Bonchev–Trinajstić information content (AvgIpc) is 2.41. The Bertz CT molecular complexity index is 363. The highest BCUT2D eigenvalue weighted by molar-refractivity contribution is 5.35. The van der Waals surface area contributed by atoms with Crippen LogP contribution in [-0.4, -0.2) is 24.4 Å². The summed E-state index contributed by atoms with van der Waals surface area (Å²) in [6.45, 7) is 9.37. The lowest BCUT2D eigenvalue weighted by Crippen LogP contribution is -2.28. The molecule has 0 spiro atoms. The number of para-hydroxylation sites is 1. The molecule has 0 amide bonds. The Morgan fingerprint density at radius 3 is 2.42 bits per heavy atom. The fourth-order valence-corrected chi connectivity index (χ4v) is 2.09. The molecule has 19 heavy (non-hydrogen) atoms. The van der Waals surface area contributed by atoms with Gasteiger partial charge in [0, 0.05) is 12.2 Å². The zero-order chi connectivity index (χ0) is 14.3. The summed E-state index contributed by atoms with van der Waals surface area (Å²) in [6.07, 6.45) is 0.0770. The molecule has 0 radical (unpaired) electrons. The molecule has 2 unspecified atom stereocenters. The Balaban J connectivity index is 2.92. The lowest BCUT2D eigenvalue weighted by atomic mass is 9.95. The molecule has 0 aliphatic carbocycles. The highest BCUT2D eigenvalue weighted by atomic mass is 16.5. The van der Waals surface area contributed by atoms with E-state index in [0.717, 1.165) is 17.7 Å². The van der Waals surface area contributed by atoms with Gasteiger partial charge in [-0.15, -0.1) is 0 Å².